The smallest absolute Gasteiger partial charge is 0.319 e. The van der Waals surface area contributed by atoms with Crippen molar-refractivity contribution in [1.82, 2.24) is 24.8 Å². The van der Waals surface area contributed by atoms with E-state index in [1.165, 1.54) is 12.3 Å². The van der Waals surface area contributed by atoms with E-state index in [-0.39, 0.29) is 41.2 Å². The molecule has 4 aromatic rings. The Hall–Kier alpha value is -4.43. The molecule has 0 unspecified atom stereocenters. The van der Waals surface area contributed by atoms with Crippen LogP contribution >= 0.6 is 0 Å². The highest BCUT2D eigenvalue weighted by Crippen LogP contribution is 2.41. The van der Waals surface area contributed by atoms with Gasteiger partial charge < -0.3 is 14.5 Å². The molecule has 8 nitrogen and oxygen atoms in total. The average molecular weight is 615 g/mol. The van der Waals surface area contributed by atoms with Crippen molar-refractivity contribution in [2.75, 3.05) is 51.3 Å². The van der Waals surface area contributed by atoms with Crippen molar-refractivity contribution in [3.05, 3.63) is 53.7 Å². The third-order valence-electron chi connectivity index (χ3n) is 9.56. The molecule has 2 atom stereocenters. The fourth-order valence-electron chi connectivity index (χ4n) is 7.32. The van der Waals surface area contributed by atoms with Crippen LogP contribution in [0.5, 0.6) is 6.01 Å². The van der Waals surface area contributed by atoms with Gasteiger partial charge in [0, 0.05) is 69.6 Å². The summed E-state index contributed by atoms with van der Waals surface area (Å²) in [6.45, 7) is 4.74. The maximum absolute atomic E-state index is 16.7. The lowest BCUT2D eigenvalue weighted by atomic mass is 9.95. The molecule has 5 heterocycles. The zero-order valence-corrected chi connectivity index (χ0v) is 25.2. The number of pyridine rings is 1. The molecule has 0 saturated carbocycles. The first-order valence-corrected chi connectivity index (χ1v) is 15.2. The first kappa shape index (κ1) is 29.3. The highest BCUT2D eigenvalue weighted by molar-refractivity contribution is 6.02. The number of nitrogens with zero attached hydrogens (tertiary/aromatic N) is 6. The summed E-state index contributed by atoms with van der Waals surface area (Å²) in [5.74, 6) is 1.78. The first-order chi connectivity index (χ1) is 21.7. The van der Waals surface area contributed by atoms with Gasteiger partial charge in [0.15, 0.2) is 5.82 Å². The van der Waals surface area contributed by atoms with Gasteiger partial charge in [0.25, 0.3) is 0 Å². The maximum Gasteiger partial charge on any atom is 0.319 e. The molecule has 0 aliphatic carbocycles. The number of carbonyl (C=O) groups excluding carboxylic acids is 1. The molecule has 3 aliphatic heterocycles. The van der Waals surface area contributed by atoms with Crippen molar-refractivity contribution in [3.8, 4) is 29.6 Å². The Kier molecular flexibility index (Phi) is 7.28. The number of terminal acetylenes is 1. The number of likely N-dealkylation sites (tertiary alicyclic amines) is 1. The van der Waals surface area contributed by atoms with Crippen LogP contribution in [-0.4, -0.2) is 88.7 Å². The van der Waals surface area contributed by atoms with Gasteiger partial charge in [-0.05, 0) is 30.8 Å². The summed E-state index contributed by atoms with van der Waals surface area (Å²) in [5, 5.41) is 1.41. The lowest BCUT2D eigenvalue weighted by Crippen LogP contribution is -2.52. The number of ether oxygens (including phenoxy) is 1. The third-order valence-corrected chi connectivity index (χ3v) is 9.56. The minimum atomic E-state index is -0.922. The van der Waals surface area contributed by atoms with E-state index in [2.05, 4.69) is 20.8 Å². The Balaban J connectivity index is 1.31. The van der Waals surface area contributed by atoms with Crippen molar-refractivity contribution in [2.45, 2.75) is 37.9 Å². The van der Waals surface area contributed by atoms with Crippen LogP contribution in [-0.2, 0) is 4.79 Å². The van der Waals surface area contributed by atoms with Crippen molar-refractivity contribution in [3.63, 3.8) is 0 Å². The Morgan fingerprint density at radius 2 is 2.02 bits per heavy atom. The molecule has 3 saturated heterocycles. The Bertz CT molecular complexity index is 1870. The van der Waals surface area contributed by atoms with E-state index >= 15 is 4.39 Å². The number of aromatic nitrogens is 3. The van der Waals surface area contributed by atoms with Crippen LogP contribution < -0.4 is 9.64 Å². The summed E-state index contributed by atoms with van der Waals surface area (Å²) in [5.41, 5.74) is -0.0977. The lowest BCUT2D eigenvalue weighted by Gasteiger charge is -2.40. The molecule has 0 N–H and O–H groups in total. The Morgan fingerprint density at radius 1 is 1.20 bits per heavy atom. The van der Waals surface area contributed by atoms with Crippen LogP contribution in [0.4, 0.5) is 19.0 Å². The predicted octanol–water partition coefficient (Wildman–Crippen LogP) is 4.97. The highest BCUT2D eigenvalue weighted by Gasteiger charge is 2.49. The zero-order chi connectivity index (χ0) is 31.5. The average Bonchev–Trinajstić information content (AvgIpc) is 3.53. The van der Waals surface area contributed by atoms with Crippen molar-refractivity contribution in [1.29, 1.82) is 0 Å². The van der Waals surface area contributed by atoms with Gasteiger partial charge in [-0.2, -0.15) is 9.97 Å². The number of fused-ring (bicyclic) bond motifs is 3. The third kappa shape index (κ3) is 5.01. The van der Waals surface area contributed by atoms with E-state index in [1.807, 2.05) is 11.9 Å². The quantitative estimate of drug-likeness (QED) is 0.272. The summed E-state index contributed by atoms with van der Waals surface area (Å²) >= 11 is 0. The normalized spacial score (nSPS) is 21.6. The molecule has 0 bridgehead atoms. The van der Waals surface area contributed by atoms with E-state index in [0.717, 1.165) is 19.4 Å². The minimum Gasteiger partial charge on any atom is -0.461 e. The molecular formula is C34H33F3N6O2. The largest absolute Gasteiger partial charge is 0.461 e. The second-order valence-electron chi connectivity index (χ2n) is 12.5. The van der Waals surface area contributed by atoms with Crippen LogP contribution in [0.15, 0.2) is 36.5 Å². The summed E-state index contributed by atoms with van der Waals surface area (Å²) in [6.07, 6.45) is 8.41. The van der Waals surface area contributed by atoms with Gasteiger partial charge in [-0.15, -0.1) is 6.42 Å². The van der Waals surface area contributed by atoms with E-state index in [0.29, 0.717) is 60.1 Å². The molecule has 3 aliphatic rings. The highest BCUT2D eigenvalue weighted by atomic mass is 19.1. The van der Waals surface area contributed by atoms with Crippen LogP contribution in [0.1, 0.15) is 31.7 Å². The number of rotatable bonds is 7. The molecule has 11 heteroatoms. The van der Waals surface area contributed by atoms with E-state index in [1.54, 1.807) is 36.1 Å². The number of halogens is 3. The van der Waals surface area contributed by atoms with Crippen LogP contribution in [0.3, 0.4) is 0 Å². The molecule has 1 amide bonds. The SMILES string of the molecule is C#Cc1c(F)ccc2cccc(-c3ncc4c(N(C)CC5CN(C(C)=O)C5)nc(OC[C@@]56CCCN5C[C@H](F)C6)nc4c3F)c12. The zero-order valence-electron chi connectivity index (χ0n) is 25.2. The number of carbonyl (C=O) groups is 1. The fraction of sp³-hybridized carbons (Fsp3) is 0.412. The van der Waals surface area contributed by atoms with Crippen LogP contribution in [0, 0.1) is 29.9 Å². The Morgan fingerprint density at radius 3 is 2.80 bits per heavy atom. The van der Waals surface area contributed by atoms with E-state index < -0.39 is 23.3 Å². The number of alkyl halides is 1. The predicted molar refractivity (Wildman–Crippen MR) is 166 cm³/mol. The molecular weight excluding hydrogens is 581 g/mol. The van der Waals surface area contributed by atoms with Crippen molar-refractivity contribution in [2.24, 2.45) is 5.92 Å². The maximum atomic E-state index is 16.7. The molecule has 2 aromatic carbocycles. The molecule has 7 rings (SSSR count). The van der Waals surface area contributed by atoms with Gasteiger partial charge in [0.05, 0.1) is 16.5 Å². The molecule has 3 fully saturated rings. The lowest BCUT2D eigenvalue weighted by molar-refractivity contribution is -0.134. The molecule has 232 valence electrons. The summed E-state index contributed by atoms with van der Waals surface area (Å²) < 4.78 is 52.0. The van der Waals surface area contributed by atoms with Crippen molar-refractivity contribution < 1.29 is 22.7 Å². The summed E-state index contributed by atoms with van der Waals surface area (Å²) in [7, 11) is 1.85. The van der Waals surface area contributed by atoms with Gasteiger partial charge in [-0.1, -0.05) is 30.2 Å². The van der Waals surface area contributed by atoms with Crippen LogP contribution in [0.25, 0.3) is 32.9 Å². The van der Waals surface area contributed by atoms with Gasteiger partial charge in [0.1, 0.15) is 35.6 Å². The number of amides is 1. The first-order valence-electron chi connectivity index (χ1n) is 15.2. The van der Waals surface area contributed by atoms with E-state index in [9.17, 15) is 13.6 Å². The molecule has 45 heavy (non-hydrogen) atoms. The number of hydrogen-bond acceptors (Lipinski definition) is 7. The molecule has 2 aromatic heterocycles. The van der Waals surface area contributed by atoms with Gasteiger partial charge in [0.2, 0.25) is 5.91 Å². The van der Waals surface area contributed by atoms with Gasteiger partial charge >= 0.3 is 6.01 Å². The standard InChI is InChI=1S/C34H33F3N6O2/c1-4-24-27(36)10-9-22-7-5-8-25(28(22)24)30-29(37)31-26(14-38-30)32(41(3)15-21-16-42(17-21)20(2)44)40-33(39-31)45-19-34-11-6-12-43(34)18-23(35)13-34/h1,5,7-10,14,21,23H,6,11-13,15-19H2,2-3H3/t23-,34+/m1/s1. The van der Waals surface area contributed by atoms with Crippen LogP contribution in [0.2, 0.25) is 0 Å². The number of benzene rings is 2. The second-order valence-corrected chi connectivity index (χ2v) is 12.5. The summed E-state index contributed by atoms with van der Waals surface area (Å²) in [6, 6.07) is 8.05. The second kappa shape index (κ2) is 11.2. The Labute approximate surface area is 259 Å². The monoisotopic (exact) mass is 614 g/mol. The fourth-order valence-corrected chi connectivity index (χ4v) is 7.32. The van der Waals surface area contributed by atoms with Gasteiger partial charge in [-0.3, -0.25) is 14.7 Å². The minimum absolute atomic E-state index is 0.00273. The van der Waals surface area contributed by atoms with E-state index in [4.69, 9.17) is 16.1 Å². The topological polar surface area (TPSA) is 74.7 Å². The molecule has 0 radical (unpaired) electrons. The van der Waals surface area contributed by atoms with Gasteiger partial charge in [-0.25, -0.2) is 13.2 Å². The van der Waals surface area contributed by atoms with Crippen molar-refractivity contribution >= 4 is 33.4 Å². The molecule has 0 spiro atoms. The number of hydrogen-bond donors (Lipinski definition) is 0. The summed E-state index contributed by atoms with van der Waals surface area (Å²) in [4.78, 5) is 31.3. The number of anilines is 1.